The molecule has 0 bridgehead atoms. The molecule has 2 unspecified atom stereocenters. The molecule has 2 amide bonds. The number of halogens is 1. The lowest BCUT2D eigenvalue weighted by atomic mass is 10.1. The van der Waals surface area contributed by atoms with E-state index in [1.165, 1.54) is 12.1 Å². The fourth-order valence-corrected chi connectivity index (χ4v) is 3.69. The first-order valence-corrected chi connectivity index (χ1v) is 14.1. The number of aromatic nitrogens is 4. The van der Waals surface area contributed by atoms with Crippen molar-refractivity contribution < 1.29 is 28.7 Å². The van der Waals surface area contributed by atoms with E-state index in [1.54, 1.807) is 50.2 Å². The molecule has 0 saturated carbocycles. The van der Waals surface area contributed by atoms with Crippen LogP contribution in [0, 0.1) is 12.7 Å². The summed E-state index contributed by atoms with van der Waals surface area (Å²) in [6.07, 6.45) is 0.214. The van der Waals surface area contributed by atoms with E-state index in [0.29, 0.717) is 17.0 Å². The minimum Gasteiger partial charge on any atom is -0.394 e. The molecular weight excluding hydrogens is 555 g/mol. The highest BCUT2D eigenvalue weighted by molar-refractivity contribution is 5.97. The van der Waals surface area contributed by atoms with Gasteiger partial charge in [-0.1, -0.05) is 69.2 Å². The third kappa shape index (κ3) is 10.0. The van der Waals surface area contributed by atoms with Gasteiger partial charge < -0.3 is 25.4 Å². The Balaban J connectivity index is 0.00000155. The van der Waals surface area contributed by atoms with Gasteiger partial charge in [-0.2, -0.15) is 4.98 Å². The number of aliphatic hydroxyl groups is 2. The molecule has 230 valence electrons. The van der Waals surface area contributed by atoms with Crippen molar-refractivity contribution in [2.45, 2.75) is 66.7 Å². The lowest BCUT2D eigenvalue weighted by molar-refractivity contribution is 0.0885. The highest BCUT2D eigenvalue weighted by Crippen LogP contribution is 2.20. The van der Waals surface area contributed by atoms with Crippen LogP contribution in [0.3, 0.4) is 0 Å². The summed E-state index contributed by atoms with van der Waals surface area (Å²) < 4.78 is 18.6. The molecule has 0 saturated heterocycles. The first kappa shape index (κ1) is 34.7. The van der Waals surface area contributed by atoms with Gasteiger partial charge in [0.25, 0.3) is 11.8 Å². The third-order valence-electron chi connectivity index (χ3n) is 5.91. The van der Waals surface area contributed by atoms with Crippen molar-refractivity contribution in [2.75, 3.05) is 6.61 Å². The minimum absolute atomic E-state index is 0.0250. The molecule has 2 aromatic heterocycles. The molecular formula is C31H39FN6O5. The van der Waals surface area contributed by atoms with Crippen LogP contribution in [0.1, 0.15) is 84.2 Å². The van der Waals surface area contributed by atoms with Crippen molar-refractivity contribution >= 4 is 11.8 Å². The van der Waals surface area contributed by atoms with E-state index < -0.39 is 24.5 Å². The lowest BCUT2D eigenvalue weighted by Crippen LogP contribution is -2.29. The second-order valence-corrected chi connectivity index (χ2v) is 8.92. The summed E-state index contributed by atoms with van der Waals surface area (Å²) in [5, 5.41) is 27.9. The van der Waals surface area contributed by atoms with E-state index in [-0.39, 0.29) is 42.1 Å². The van der Waals surface area contributed by atoms with Gasteiger partial charge >= 0.3 is 0 Å². The number of aryl methyl sites for hydroxylation is 1. The predicted octanol–water partition coefficient (Wildman–Crippen LogP) is 4.34. The zero-order chi connectivity index (χ0) is 31.9. The van der Waals surface area contributed by atoms with Gasteiger partial charge in [0.15, 0.2) is 0 Å². The van der Waals surface area contributed by atoms with Crippen LogP contribution in [0.25, 0.3) is 11.4 Å². The van der Waals surface area contributed by atoms with Gasteiger partial charge in [-0.25, -0.2) is 14.4 Å². The summed E-state index contributed by atoms with van der Waals surface area (Å²) in [7, 11) is 0. The number of carbonyl (C=O) groups is 2. The molecule has 4 N–H and O–H groups in total. The second-order valence-electron chi connectivity index (χ2n) is 8.92. The van der Waals surface area contributed by atoms with E-state index in [1.807, 2.05) is 27.7 Å². The van der Waals surface area contributed by atoms with E-state index in [4.69, 9.17) is 9.63 Å². The molecule has 43 heavy (non-hydrogen) atoms. The van der Waals surface area contributed by atoms with Crippen LogP contribution in [0.4, 0.5) is 4.39 Å². The van der Waals surface area contributed by atoms with E-state index in [0.717, 1.165) is 17.5 Å². The smallest absolute Gasteiger partial charge is 0.270 e. The molecule has 0 fully saturated rings. The normalized spacial score (nSPS) is 11.7. The monoisotopic (exact) mass is 594 g/mol. The Morgan fingerprint density at radius 1 is 0.977 bits per heavy atom. The Morgan fingerprint density at radius 2 is 1.63 bits per heavy atom. The molecule has 0 spiro atoms. The number of carbonyl (C=O) groups excluding carboxylic acids is 2. The molecule has 4 aromatic rings. The minimum atomic E-state index is -0.976. The van der Waals surface area contributed by atoms with Crippen LogP contribution in [0.2, 0.25) is 0 Å². The standard InChI is InChI=1S/C27H27FN6O5.2C2H6/c1-15-9-17(3-8-21(15)28)12-29-26(37)22-11-23(31-14-30-22)27(38)32-16(2)18-4-6-19(7-5-18)25-33-24(39-34-25)10-20(36)13-35;2*1-2/h3-9,11,14,16,20,35-36H,10,12-13H2,1-2H3,(H,29,37)(H,32,38);2*1-2H3. The quantitative estimate of drug-likeness (QED) is 0.209. The van der Waals surface area contributed by atoms with Crippen molar-refractivity contribution in [2.24, 2.45) is 0 Å². The summed E-state index contributed by atoms with van der Waals surface area (Å²) in [5.74, 6) is -0.756. The molecule has 2 heterocycles. The van der Waals surface area contributed by atoms with Crippen molar-refractivity contribution in [3.63, 3.8) is 0 Å². The molecule has 0 radical (unpaired) electrons. The number of rotatable bonds is 10. The summed E-state index contributed by atoms with van der Waals surface area (Å²) in [4.78, 5) is 37.5. The maximum absolute atomic E-state index is 13.5. The van der Waals surface area contributed by atoms with Crippen LogP contribution in [0.15, 0.2) is 59.4 Å². The lowest BCUT2D eigenvalue weighted by Gasteiger charge is -2.14. The molecule has 11 nitrogen and oxygen atoms in total. The van der Waals surface area contributed by atoms with Crippen LogP contribution >= 0.6 is 0 Å². The van der Waals surface area contributed by atoms with Gasteiger partial charge in [0.05, 0.1) is 25.2 Å². The Bertz CT molecular complexity index is 1460. The van der Waals surface area contributed by atoms with Gasteiger partial charge in [0, 0.05) is 18.2 Å². The Morgan fingerprint density at radius 3 is 2.26 bits per heavy atom. The van der Waals surface area contributed by atoms with Crippen molar-refractivity contribution in [1.29, 1.82) is 0 Å². The number of hydrogen-bond donors (Lipinski definition) is 4. The van der Waals surface area contributed by atoms with E-state index in [2.05, 4.69) is 30.7 Å². The topological polar surface area (TPSA) is 163 Å². The molecule has 0 aliphatic carbocycles. The Kier molecular flexibility index (Phi) is 14.0. The molecule has 2 aromatic carbocycles. The average Bonchev–Trinajstić information content (AvgIpc) is 3.51. The van der Waals surface area contributed by atoms with Gasteiger partial charge in [0.2, 0.25) is 11.7 Å². The molecule has 0 aliphatic heterocycles. The summed E-state index contributed by atoms with van der Waals surface area (Å²) >= 11 is 0. The largest absolute Gasteiger partial charge is 0.394 e. The van der Waals surface area contributed by atoms with Gasteiger partial charge in [-0.05, 0) is 36.6 Å². The molecule has 4 rings (SSSR count). The SMILES string of the molecule is CC.CC.Cc1cc(CNC(=O)c2cc(C(=O)NC(C)c3ccc(-c4noc(CC(O)CO)n4)cc3)ncn2)ccc1F. The zero-order valence-electron chi connectivity index (χ0n) is 25.3. The number of nitrogens with zero attached hydrogens (tertiary/aromatic N) is 4. The van der Waals surface area contributed by atoms with Crippen LogP contribution in [-0.4, -0.2) is 54.8 Å². The Hall–Kier alpha value is -4.55. The zero-order valence-corrected chi connectivity index (χ0v) is 25.3. The van der Waals surface area contributed by atoms with E-state index in [9.17, 15) is 19.1 Å². The van der Waals surface area contributed by atoms with Gasteiger partial charge in [-0.15, -0.1) is 0 Å². The van der Waals surface area contributed by atoms with E-state index >= 15 is 0 Å². The van der Waals surface area contributed by atoms with Crippen LogP contribution in [0.5, 0.6) is 0 Å². The number of hydrogen-bond acceptors (Lipinski definition) is 9. The average molecular weight is 595 g/mol. The summed E-state index contributed by atoms with van der Waals surface area (Å²) in [5.41, 5.74) is 2.73. The van der Waals surface area contributed by atoms with Crippen molar-refractivity contribution in [3.8, 4) is 11.4 Å². The first-order chi connectivity index (χ1) is 20.7. The maximum Gasteiger partial charge on any atom is 0.270 e. The van der Waals surface area contributed by atoms with Crippen LogP contribution < -0.4 is 10.6 Å². The first-order valence-electron chi connectivity index (χ1n) is 14.1. The van der Waals surface area contributed by atoms with Crippen molar-refractivity contribution in [3.05, 3.63) is 94.6 Å². The second kappa shape index (κ2) is 17.4. The summed E-state index contributed by atoms with van der Waals surface area (Å²) in [6.45, 7) is 11.2. The fourth-order valence-electron chi connectivity index (χ4n) is 3.69. The molecule has 12 heteroatoms. The van der Waals surface area contributed by atoms with Crippen molar-refractivity contribution in [1.82, 2.24) is 30.7 Å². The molecule has 0 aliphatic rings. The number of aliphatic hydroxyl groups excluding tert-OH is 2. The number of nitrogens with one attached hydrogen (secondary N) is 2. The fraction of sp³-hybridized carbons (Fsp3) is 0.355. The highest BCUT2D eigenvalue weighted by Gasteiger charge is 2.17. The van der Waals surface area contributed by atoms with Crippen LogP contribution in [-0.2, 0) is 13.0 Å². The highest BCUT2D eigenvalue weighted by atomic mass is 19.1. The molecule has 2 atom stereocenters. The summed E-state index contributed by atoms with van der Waals surface area (Å²) in [6, 6.07) is 12.6. The number of amides is 2. The van der Waals surface area contributed by atoms with Gasteiger partial charge in [-0.3, -0.25) is 9.59 Å². The van der Waals surface area contributed by atoms with Gasteiger partial charge in [0.1, 0.15) is 23.5 Å². The number of benzene rings is 2. The predicted molar refractivity (Wildman–Crippen MR) is 159 cm³/mol. The maximum atomic E-state index is 13.5. The third-order valence-corrected chi connectivity index (χ3v) is 5.91. The Labute approximate surface area is 250 Å².